The molecule has 0 saturated heterocycles. The number of benzene rings is 18. The zero-order valence-corrected chi connectivity index (χ0v) is 70.7. The monoisotopic (exact) mass is 1610 g/mol. The number of hydrogen-bond acceptors (Lipinski definition) is 3. The summed E-state index contributed by atoms with van der Waals surface area (Å²) in [5, 5.41) is 12.8. The summed E-state index contributed by atoms with van der Waals surface area (Å²) in [7, 11) is 0. The Morgan fingerprint density at radius 3 is 1.12 bits per heavy atom. The fourth-order valence-electron chi connectivity index (χ4n) is 26.9. The van der Waals surface area contributed by atoms with Crippen molar-refractivity contribution in [2.45, 2.75) is 82.0 Å². The summed E-state index contributed by atoms with van der Waals surface area (Å²) in [6.45, 7) is 2.15. The number of rotatable bonds is 11. The zero-order valence-electron chi connectivity index (χ0n) is 69.9. The van der Waals surface area contributed by atoms with Crippen LogP contribution in [0.25, 0.3) is 141 Å². The van der Waals surface area contributed by atoms with Crippen LogP contribution in [0, 0.1) is 54.3 Å². The second kappa shape index (κ2) is 28.4. The number of aryl methyl sites for hydroxylation is 1. The summed E-state index contributed by atoms with van der Waals surface area (Å²) in [5.41, 5.74) is 33.5. The zero-order chi connectivity index (χ0) is 81.5. The van der Waals surface area contributed by atoms with E-state index in [1.165, 1.54) is 217 Å². The average Bonchev–Trinajstić information content (AvgIpc) is 1.51. The second-order valence-electron chi connectivity index (χ2n) is 37.8. The van der Waals surface area contributed by atoms with Gasteiger partial charge >= 0.3 is 0 Å². The largest absolute Gasteiger partial charge is 0.310 e. The number of thiophene rings is 1. The first-order chi connectivity index (χ1) is 61.3. The van der Waals surface area contributed by atoms with Gasteiger partial charge in [-0.25, -0.2) is 0 Å². The van der Waals surface area contributed by atoms with E-state index >= 15 is 0 Å². The molecule has 594 valence electrons. The molecule has 8 saturated carbocycles. The van der Waals surface area contributed by atoms with E-state index in [0.717, 1.165) is 75.8 Å². The quantitative estimate of drug-likeness (QED) is 0.0941. The Hall–Kier alpha value is -13.2. The van der Waals surface area contributed by atoms with Crippen LogP contribution >= 0.6 is 11.3 Å². The lowest BCUT2D eigenvalue weighted by Gasteiger charge is -2.61. The SMILES string of the molecule is Cc1ccc(-c2ccc(N(c3ccc(-c4ccccc4)cc3)c3c4ccccc4c(-c4ccc5c(c4)-c4ccccc4C54C5CC6CC(C5)CC4C6)c4ccccc34)cc2)cc1.c1ccc(-c2ccc(N(c3ccc4c(c3)sc3ccccc34)c3ccc4c(-c5ccc6c(c5)-c5ccccc5C65C6CC7CC(C6)CC5C7)cc5ccccc5c4c3)cc2)cc1. The van der Waals surface area contributed by atoms with Crippen molar-refractivity contribution >= 4 is 109 Å². The van der Waals surface area contributed by atoms with Gasteiger partial charge in [-0.05, 0) is 336 Å². The molecule has 8 bridgehead atoms. The number of hydrogen-bond donors (Lipinski definition) is 0. The molecule has 29 rings (SSSR count). The molecule has 0 atom stereocenters. The third-order valence-corrected chi connectivity index (χ3v) is 32.7. The van der Waals surface area contributed by atoms with Crippen LogP contribution < -0.4 is 9.80 Å². The molecule has 19 aromatic rings. The highest BCUT2D eigenvalue weighted by Gasteiger charge is 2.63. The van der Waals surface area contributed by atoms with Gasteiger partial charge in [0, 0.05) is 70.2 Å². The van der Waals surface area contributed by atoms with E-state index < -0.39 is 0 Å². The van der Waals surface area contributed by atoms with Gasteiger partial charge < -0.3 is 9.80 Å². The van der Waals surface area contributed by atoms with E-state index in [-0.39, 0.29) is 10.8 Å². The lowest BCUT2D eigenvalue weighted by Crippen LogP contribution is -2.55. The van der Waals surface area contributed by atoms with Gasteiger partial charge in [-0.2, -0.15) is 0 Å². The molecular weight excluding hydrogens is 1510 g/mol. The average molecular weight is 1610 g/mol. The molecule has 1 aromatic heterocycles. The van der Waals surface area contributed by atoms with Crippen LogP contribution in [0.5, 0.6) is 0 Å². The summed E-state index contributed by atoms with van der Waals surface area (Å²) in [6, 6.07) is 145. The standard InChI is InChI=1S/C61H49N.C60H45NS/c1-39-19-21-43(22-20-39)45-25-30-50(31-26-45)62(49-28-23-44(24-29-49)42-11-3-2-4-12-42)60-54-16-7-5-14-52(54)59(53-15-6-8-17-55(53)60)46-27-32-58-56(38-46)51-13-9-10-18-57(51)61(58)47-34-40-33-41(36-47)37-48(61)35-40;1-2-10-39(11-3-1)40-18-21-45(22-19-40)61(47-24-26-52-51-15-7-9-17-58(51)62-59(52)36-47)46-23-25-49-53(33-41-12-4-5-13-48(41)54(49)35-46)42-20-27-57-55(34-42)50-14-6-8-16-56(50)60(57)43-29-37-28-38(31-43)32-44(60)30-37/h2-32,38,40-41,47-48H,33-37H2,1H3;1-27,33-38,43-44H,28-32H2. The summed E-state index contributed by atoms with van der Waals surface area (Å²) in [4.78, 5) is 4.95. The molecule has 3 heteroatoms. The summed E-state index contributed by atoms with van der Waals surface area (Å²) >= 11 is 1.88. The lowest BCUT2D eigenvalue weighted by molar-refractivity contribution is -0.0399. The van der Waals surface area contributed by atoms with Crippen molar-refractivity contribution in [1.29, 1.82) is 0 Å². The van der Waals surface area contributed by atoms with E-state index in [1.807, 2.05) is 11.3 Å². The Morgan fingerprint density at radius 1 is 0.226 bits per heavy atom. The maximum absolute atomic E-state index is 2.59. The molecule has 0 unspecified atom stereocenters. The van der Waals surface area contributed by atoms with Crippen molar-refractivity contribution in [1.82, 2.24) is 0 Å². The van der Waals surface area contributed by atoms with Crippen LogP contribution in [0.15, 0.2) is 382 Å². The van der Waals surface area contributed by atoms with Crippen molar-refractivity contribution in [2.24, 2.45) is 47.3 Å². The minimum absolute atomic E-state index is 0.164. The van der Waals surface area contributed by atoms with Crippen LogP contribution in [0.2, 0.25) is 0 Å². The fourth-order valence-corrected chi connectivity index (χ4v) is 28.0. The molecule has 8 fully saturated rings. The van der Waals surface area contributed by atoms with Gasteiger partial charge in [0.05, 0.1) is 5.69 Å². The van der Waals surface area contributed by atoms with Crippen LogP contribution in [-0.4, -0.2) is 0 Å². The minimum Gasteiger partial charge on any atom is -0.310 e. The molecule has 0 radical (unpaired) electrons. The van der Waals surface area contributed by atoms with Gasteiger partial charge in [0.15, 0.2) is 0 Å². The molecule has 18 aromatic carbocycles. The lowest BCUT2D eigenvalue weighted by atomic mass is 9.43. The molecule has 10 aliphatic carbocycles. The third-order valence-electron chi connectivity index (χ3n) is 31.5. The number of nitrogens with zero attached hydrogens (tertiary/aromatic N) is 2. The van der Waals surface area contributed by atoms with Gasteiger partial charge in [-0.15, -0.1) is 11.3 Å². The maximum Gasteiger partial charge on any atom is 0.0618 e. The Morgan fingerprint density at radius 2 is 0.597 bits per heavy atom. The second-order valence-corrected chi connectivity index (χ2v) is 38.9. The van der Waals surface area contributed by atoms with E-state index in [4.69, 9.17) is 0 Å². The predicted molar refractivity (Wildman–Crippen MR) is 524 cm³/mol. The molecule has 0 aliphatic heterocycles. The summed E-state index contributed by atoms with van der Waals surface area (Å²) in [6.07, 6.45) is 14.2. The van der Waals surface area contributed by atoms with Crippen molar-refractivity contribution in [3.05, 3.63) is 410 Å². The Bertz CT molecular complexity index is 7390. The van der Waals surface area contributed by atoms with Crippen molar-refractivity contribution < 1.29 is 0 Å². The Kier molecular flexibility index (Phi) is 16.6. The first-order valence-electron chi connectivity index (χ1n) is 45.7. The third kappa shape index (κ3) is 11.2. The summed E-state index contributed by atoms with van der Waals surface area (Å²) in [5.74, 6) is 6.79. The molecule has 2 nitrogen and oxygen atoms in total. The molecule has 0 N–H and O–H groups in total. The van der Waals surface area contributed by atoms with Gasteiger partial charge in [-0.1, -0.05) is 303 Å². The van der Waals surface area contributed by atoms with Gasteiger partial charge in [-0.3, -0.25) is 0 Å². The molecule has 2 spiro atoms. The van der Waals surface area contributed by atoms with Crippen molar-refractivity contribution in [3.63, 3.8) is 0 Å². The Labute approximate surface area is 730 Å². The van der Waals surface area contributed by atoms with E-state index in [0.29, 0.717) is 0 Å². The van der Waals surface area contributed by atoms with Crippen LogP contribution in [0.4, 0.5) is 34.1 Å². The first-order valence-corrected chi connectivity index (χ1v) is 46.5. The van der Waals surface area contributed by atoms with Gasteiger partial charge in [0.25, 0.3) is 0 Å². The van der Waals surface area contributed by atoms with E-state index in [1.54, 1.807) is 22.3 Å². The Balaban J connectivity index is 0.000000133. The number of fused-ring (bicyclic) bond motifs is 14. The van der Waals surface area contributed by atoms with Crippen molar-refractivity contribution in [3.8, 4) is 77.9 Å². The van der Waals surface area contributed by atoms with Crippen LogP contribution in [-0.2, 0) is 10.8 Å². The molecule has 1 heterocycles. The van der Waals surface area contributed by atoms with Crippen molar-refractivity contribution in [2.75, 3.05) is 9.80 Å². The minimum atomic E-state index is 0.164. The highest BCUT2D eigenvalue weighted by molar-refractivity contribution is 7.25. The normalized spacial score (nSPS) is 21.8. The summed E-state index contributed by atoms with van der Waals surface area (Å²) < 4.78 is 2.63. The van der Waals surface area contributed by atoms with Gasteiger partial charge in [0.1, 0.15) is 0 Å². The molecule has 10 aliphatic rings. The van der Waals surface area contributed by atoms with E-state index in [2.05, 4.69) is 399 Å². The smallest absolute Gasteiger partial charge is 0.0618 e. The van der Waals surface area contributed by atoms with E-state index in [9.17, 15) is 0 Å². The molecular formula is C121H94N2S. The molecule has 124 heavy (non-hydrogen) atoms. The number of anilines is 6. The van der Waals surface area contributed by atoms with Crippen LogP contribution in [0.1, 0.15) is 92.0 Å². The topological polar surface area (TPSA) is 6.48 Å². The first kappa shape index (κ1) is 72.5. The predicted octanol–water partition coefficient (Wildman–Crippen LogP) is 33.4. The molecule has 0 amide bonds. The maximum atomic E-state index is 2.59. The highest BCUT2D eigenvalue weighted by Crippen LogP contribution is 2.72. The van der Waals surface area contributed by atoms with Gasteiger partial charge in [0.2, 0.25) is 0 Å². The fraction of sp³-hybridized carbons (Fsp3) is 0.174. The highest BCUT2D eigenvalue weighted by atomic mass is 32.1. The van der Waals surface area contributed by atoms with Crippen LogP contribution in [0.3, 0.4) is 0 Å².